The molecule has 6 heteroatoms. The van der Waals surface area contributed by atoms with Crippen molar-refractivity contribution in [2.24, 2.45) is 0 Å². The molecular weight excluding hydrogens is 340 g/mol. The highest BCUT2D eigenvalue weighted by atomic mass is 79.9. The second kappa shape index (κ2) is 6.37. The van der Waals surface area contributed by atoms with E-state index in [2.05, 4.69) is 32.6 Å². The van der Waals surface area contributed by atoms with E-state index in [4.69, 9.17) is 0 Å². The number of aromatic nitrogens is 1. The van der Waals surface area contributed by atoms with Gasteiger partial charge in [-0.15, -0.1) is 0 Å². The molecule has 0 bridgehead atoms. The van der Waals surface area contributed by atoms with Crippen molar-refractivity contribution in [3.8, 4) is 0 Å². The van der Waals surface area contributed by atoms with Gasteiger partial charge in [-0.25, -0.2) is 8.42 Å². The molecule has 106 valence electrons. The number of hydrogen-bond acceptors (Lipinski definition) is 3. The smallest absolute Gasteiger partial charge is 0.261 e. The number of pyridine rings is 1. The number of benzene rings is 1. The van der Waals surface area contributed by atoms with Crippen molar-refractivity contribution in [1.82, 2.24) is 4.98 Å². The topological polar surface area (TPSA) is 59.1 Å². The largest absolute Gasteiger partial charge is 0.278 e. The summed E-state index contributed by atoms with van der Waals surface area (Å²) in [5.41, 5.74) is 1.61. The lowest BCUT2D eigenvalue weighted by molar-refractivity contribution is 0.601. The molecule has 0 radical (unpaired) electrons. The van der Waals surface area contributed by atoms with Crippen LogP contribution in [0.1, 0.15) is 18.9 Å². The van der Waals surface area contributed by atoms with Gasteiger partial charge in [0.2, 0.25) is 0 Å². The Morgan fingerprint density at radius 3 is 2.50 bits per heavy atom. The molecule has 0 saturated carbocycles. The number of anilines is 1. The minimum Gasteiger partial charge on any atom is -0.278 e. The van der Waals surface area contributed by atoms with Crippen molar-refractivity contribution < 1.29 is 8.42 Å². The summed E-state index contributed by atoms with van der Waals surface area (Å²) in [5, 5.41) is 0. The lowest BCUT2D eigenvalue weighted by Crippen LogP contribution is -2.13. The third kappa shape index (κ3) is 3.58. The molecule has 1 N–H and O–H groups in total. The molecule has 0 amide bonds. The lowest BCUT2D eigenvalue weighted by Gasteiger charge is -2.09. The average molecular weight is 355 g/mol. The van der Waals surface area contributed by atoms with E-state index in [1.807, 2.05) is 12.1 Å². The fourth-order valence-corrected chi connectivity index (χ4v) is 3.35. The molecule has 0 aliphatic carbocycles. The zero-order chi connectivity index (χ0) is 14.6. The van der Waals surface area contributed by atoms with Gasteiger partial charge < -0.3 is 0 Å². The number of hydrogen-bond donors (Lipinski definition) is 1. The summed E-state index contributed by atoms with van der Waals surface area (Å²) < 4.78 is 27.7. The van der Waals surface area contributed by atoms with Crippen LogP contribution in [0.25, 0.3) is 0 Å². The highest BCUT2D eigenvalue weighted by Gasteiger charge is 2.15. The third-order valence-electron chi connectivity index (χ3n) is 2.79. The molecular formula is C14H15BrN2O2S. The SMILES string of the molecule is CCCc1ccc(S(=O)(=O)Nc2ccncc2Br)cc1. The first-order valence-corrected chi connectivity index (χ1v) is 8.52. The zero-order valence-electron chi connectivity index (χ0n) is 11.0. The number of nitrogens with one attached hydrogen (secondary N) is 1. The van der Waals surface area contributed by atoms with Crippen LogP contribution < -0.4 is 4.72 Å². The Balaban J connectivity index is 2.24. The maximum atomic E-state index is 12.3. The van der Waals surface area contributed by atoms with Crippen LogP contribution in [-0.2, 0) is 16.4 Å². The molecule has 1 aromatic heterocycles. The predicted octanol–water partition coefficient (Wildman–Crippen LogP) is 3.60. The van der Waals surface area contributed by atoms with Crippen LogP contribution >= 0.6 is 15.9 Å². The summed E-state index contributed by atoms with van der Waals surface area (Å²) in [5.74, 6) is 0. The molecule has 0 unspecified atom stereocenters. The van der Waals surface area contributed by atoms with E-state index in [1.165, 1.54) is 6.20 Å². The molecule has 0 aliphatic rings. The van der Waals surface area contributed by atoms with E-state index >= 15 is 0 Å². The van der Waals surface area contributed by atoms with Gasteiger partial charge in [-0.05, 0) is 46.1 Å². The summed E-state index contributed by atoms with van der Waals surface area (Å²) >= 11 is 3.26. The number of aryl methyl sites for hydroxylation is 1. The van der Waals surface area contributed by atoms with Gasteiger partial charge in [0.25, 0.3) is 10.0 Å². The normalized spacial score (nSPS) is 11.3. The quantitative estimate of drug-likeness (QED) is 0.892. The first-order valence-electron chi connectivity index (χ1n) is 6.24. The molecule has 1 heterocycles. The molecule has 2 rings (SSSR count). The average Bonchev–Trinajstić information content (AvgIpc) is 2.42. The molecule has 0 spiro atoms. The monoisotopic (exact) mass is 354 g/mol. The molecule has 1 aromatic carbocycles. The summed E-state index contributed by atoms with van der Waals surface area (Å²) in [6, 6.07) is 8.55. The van der Waals surface area contributed by atoms with E-state index in [0.29, 0.717) is 10.2 Å². The highest BCUT2D eigenvalue weighted by molar-refractivity contribution is 9.10. The van der Waals surface area contributed by atoms with Crippen LogP contribution in [0.15, 0.2) is 52.1 Å². The molecule has 4 nitrogen and oxygen atoms in total. The van der Waals surface area contributed by atoms with E-state index in [1.54, 1.807) is 24.4 Å². The Morgan fingerprint density at radius 1 is 1.20 bits per heavy atom. The van der Waals surface area contributed by atoms with Gasteiger partial charge in [-0.2, -0.15) is 0 Å². The van der Waals surface area contributed by atoms with Crippen molar-refractivity contribution in [2.75, 3.05) is 4.72 Å². The fraction of sp³-hybridized carbons (Fsp3) is 0.214. The number of rotatable bonds is 5. The van der Waals surface area contributed by atoms with Crippen LogP contribution in [-0.4, -0.2) is 13.4 Å². The van der Waals surface area contributed by atoms with Crippen LogP contribution in [0.2, 0.25) is 0 Å². The maximum Gasteiger partial charge on any atom is 0.261 e. The van der Waals surface area contributed by atoms with Gasteiger partial charge in [0.15, 0.2) is 0 Å². The predicted molar refractivity (Wildman–Crippen MR) is 83.2 cm³/mol. The van der Waals surface area contributed by atoms with Crippen molar-refractivity contribution in [2.45, 2.75) is 24.7 Å². The summed E-state index contributed by atoms with van der Waals surface area (Å²) in [7, 11) is -3.58. The Hall–Kier alpha value is -1.40. The Labute approximate surface area is 127 Å². The highest BCUT2D eigenvalue weighted by Crippen LogP contribution is 2.23. The number of halogens is 1. The minimum absolute atomic E-state index is 0.251. The van der Waals surface area contributed by atoms with Gasteiger partial charge in [0.05, 0.1) is 15.1 Å². The zero-order valence-corrected chi connectivity index (χ0v) is 13.4. The van der Waals surface area contributed by atoms with Gasteiger partial charge in [0.1, 0.15) is 0 Å². The van der Waals surface area contributed by atoms with E-state index < -0.39 is 10.0 Å². The van der Waals surface area contributed by atoms with Crippen LogP contribution in [0, 0.1) is 0 Å². The van der Waals surface area contributed by atoms with Crippen LogP contribution in [0.5, 0.6) is 0 Å². The second-order valence-corrected chi connectivity index (χ2v) is 6.89. The van der Waals surface area contributed by atoms with E-state index in [0.717, 1.165) is 18.4 Å². The lowest BCUT2D eigenvalue weighted by atomic mass is 10.1. The number of nitrogens with zero attached hydrogens (tertiary/aromatic N) is 1. The van der Waals surface area contributed by atoms with Crippen LogP contribution in [0.3, 0.4) is 0 Å². The van der Waals surface area contributed by atoms with Crippen molar-refractivity contribution in [1.29, 1.82) is 0 Å². The van der Waals surface area contributed by atoms with Crippen molar-refractivity contribution in [3.05, 3.63) is 52.8 Å². The molecule has 0 aliphatic heterocycles. The molecule has 0 fully saturated rings. The van der Waals surface area contributed by atoms with Crippen molar-refractivity contribution in [3.63, 3.8) is 0 Å². The first kappa shape index (κ1) is 15.0. The molecule has 2 aromatic rings. The third-order valence-corrected chi connectivity index (χ3v) is 4.80. The summed E-state index contributed by atoms with van der Waals surface area (Å²) in [4.78, 5) is 4.15. The van der Waals surface area contributed by atoms with Crippen LogP contribution in [0.4, 0.5) is 5.69 Å². The van der Waals surface area contributed by atoms with Gasteiger partial charge >= 0.3 is 0 Å². The Kier molecular flexibility index (Phi) is 4.77. The maximum absolute atomic E-state index is 12.3. The minimum atomic E-state index is -3.58. The second-order valence-electron chi connectivity index (χ2n) is 4.35. The summed E-state index contributed by atoms with van der Waals surface area (Å²) in [6.07, 6.45) is 5.06. The van der Waals surface area contributed by atoms with Crippen molar-refractivity contribution >= 4 is 31.6 Å². The molecule has 0 atom stereocenters. The summed E-state index contributed by atoms with van der Waals surface area (Å²) in [6.45, 7) is 2.09. The Morgan fingerprint density at radius 2 is 1.90 bits per heavy atom. The Bertz CT molecular complexity index is 685. The fourth-order valence-electron chi connectivity index (χ4n) is 1.79. The molecule has 20 heavy (non-hydrogen) atoms. The van der Waals surface area contributed by atoms with Gasteiger partial charge in [0, 0.05) is 12.4 Å². The van der Waals surface area contributed by atoms with Gasteiger partial charge in [-0.1, -0.05) is 25.5 Å². The van der Waals surface area contributed by atoms with E-state index in [-0.39, 0.29) is 4.90 Å². The standard InChI is InChI=1S/C14H15BrN2O2S/c1-2-3-11-4-6-12(7-5-11)20(18,19)17-14-8-9-16-10-13(14)15/h4-10H,2-3H2,1H3,(H,16,17). The van der Waals surface area contributed by atoms with Gasteiger partial charge in [-0.3, -0.25) is 9.71 Å². The van der Waals surface area contributed by atoms with E-state index in [9.17, 15) is 8.42 Å². The first-order chi connectivity index (χ1) is 9.53. The number of sulfonamides is 1. The molecule has 0 saturated heterocycles.